The first-order valence-electron chi connectivity index (χ1n) is 9.64. The molecule has 0 saturated carbocycles. The van der Waals surface area contributed by atoms with Crippen LogP contribution < -0.4 is 20.1 Å². The number of anilines is 2. The molecule has 2 N–H and O–H groups in total. The number of carbonyl (C=O) groups is 2. The van der Waals surface area contributed by atoms with Crippen molar-refractivity contribution < 1.29 is 28.2 Å². The van der Waals surface area contributed by atoms with Crippen LogP contribution in [0.4, 0.5) is 20.6 Å². The minimum Gasteiger partial charge on any atom is -0.493 e. The highest BCUT2D eigenvalue weighted by atomic mass is 19.1. The van der Waals surface area contributed by atoms with Gasteiger partial charge in [-0.2, -0.15) is 0 Å². The SMILES string of the molecule is C/C=C/c1ccc(OCC(=O)Nc2ccc(F)c(NC(=O)OC(C)(C)C)c2)c(OC)c1. The molecular weight excluding hydrogens is 403 g/mol. The van der Waals surface area contributed by atoms with Gasteiger partial charge in [-0.15, -0.1) is 0 Å². The number of rotatable bonds is 7. The van der Waals surface area contributed by atoms with E-state index in [1.165, 1.54) is 19.2 Å². The van der Waals surface area contributed by atoms with Gasteiger partial charge in [-0.3, -0.25) is 10.1 Å². The Balaban J connectivity index is 2.00. The van der Waals surface area contributed by atoms with E-state index in [1.807, 2.05) is 25.1 Å². The molecule has 7 nitrogen and oxygen atoms in total. The summed E-state index contributed by atoms with van der Waals surface area (Å²) in [5.41, 5.74) is 0.383. The summed E-state index contributed by atoms with van der Waals surface area (Å²) in [6, 6.07) is 9.14. The molecule has 0 aromatic heterocycles. The van der Waals surface area contributed by atoms with Gasteiger partial charge in [0.05, 0.1) is 12.8 Å². The normalized spacial score (nSPS) is 11.2. The number of allylic oxidation sites excluding steroid dienone is 1. The van der Waals surface area contributed by atoms with Crippen LogP contribution in [-0.2, 0) is 9.53 Å². The van der Waals surface area contributed by atoms with E-state index in [0.717, 1.165) is 11.6 Å². The van der Waals surface area contributed by atoms with Crippen molar-refractivity contribution >= 4 is 29.5 Å². The Morgan fingerprint density at radius 2 is 1.81 bits per heavy atom. The lowest BCUT2D eigenvalue weighted by atomic mass is 10.2. The van der Waals surface area contributed by atoms with Crippen LogP contribution in [0.5, 0.6) is 11.5 Å². The zero-order chi connectivity index (χ0) is 23.0. The fraction of sp³-hybridized carbons (Fsp3) is 0.304. The highest BCUT2D eigenvalue weighted by Crippen LogP contribution is 2.28. The molecule has 0 bridgehead atoms. The molecule has 2 aromatic carbocycles. The Bertz CT molecular complexity index is 967. The van der Waals surface area contributed by atoms with Crippen molar-refractivity contribution in [1.82, 2.24) is 0 Å². The molecule has 0 fully saturated rings. The lowest BCUT2D eigenvalue weighted by Gasteiger charge is -2.20. The quantitative estimate of drug-likeness (QED) is 0.628. The van der Waals surface area contributed by atoms with E-state index >= 15 is 0 Å². The number of amides is 2. The number of nitrogens with one attached hydrogen (secondary N) is 2. The summed E-state index contributed by atoms with van der Waals surface area (Å²) in [6.45, 7) is 6.71. The monoisotopic (exact) mass is 430 g/mol. The summed E-state index contributed by atoms with van der Waals surface area (Å²) in [5.74, 6) is -0.216. The zero-order valence-corrected chi connectivity index (χ0v) is 18.2. The van der Waals surface area contributed by atoms with Crippen molar-refractivity contribution in [3.8, 4) is 11.5 Å². The van der Waals surface area contributed by atoms with Crippen molar-refractivity contribution in [3.63, 3.8) is 0 Å². The summed E-state index contributed by atoms with van der Waals surface area (Å²) in [6.07, 6.45) is 3.01. The molecule has 2 rings (SSSR count). The topological polar surface area (TPSA) is 85.9 Å². The first-order valence-corrected chi connectivity index (χ1v) is 9.64. The van der Waals surface area contributed by atoms with Crippen molar-refractivity contribution in [2.75, 3.05) is 24.4 Å². The Morgan fingerprint density at radius 3 is 2.45 bits per heavy atom. The van der Waals surface area contributed by atoms with Gasteiger partial charge in [0.15, 0.2) is 18.1 Å². The zero-order valence-electron chi connectivity index (χ0n) is 18.2. The Morgan fingerprint density at radius 1 is 1.06 bits per heavy atom. The van der Waals surface area contributed by atoms with Crippen LogP contribution in [-0.4, -0.2) is 31.3 Å². The van der Waals surface area contributed by atoms with Crippen LogP contribution in [0.2, 0.25) is 0 Å². The van der Waals surface area contributed by atoms with E-state index in [0.29, 0.717) is 11.5 Å². The number of hydrogen-bond acceptors (Lipinski definition) is 5. The molecule has 0 aliphatic rings. The Labute approximate surface area is 181 Å². The van der Waals surface area contributed by atoms with E-state index < -0.39 is 23.4 Å². The molecule has 2 amide bonds. The van der Waals surface area contributed by atoms with Crippen LogP contribution in [0.25, 0.3) is 6.08 Å². The third-order valence-corrected chi connectivity index (χ3v) is 3.79. The molecule has 2 aromatic rings. The molecule has 0 heterocycles. The molecule has 31 heavy (non-hydrogen) atoms. The molecule has 0 aliphatic heterocycles. The number of carbonyl (C=O) groups excluding carboxylic acids is 2. The Kier molecular flexibility index (Phi) is 8.01. The molecule has 0 aliphatic carbocycles. The highest BCUT2D eigenvalue weighted by Gasteiger charge is 2.18. The van der Waals surface area contributed by atoms with Gasteiger partial charge in [0.1, 0.15) is 11.4 Å². The fourth-order valence-electron chi connectivity index (χ4n) is 2.55. The number of benzene rings is 2. The van der Waals surface area contributed by atoms with Gasteiger partial charge < -0.3 is 19.5 Å². The summed E-state index contributed by atoms with van der Waals surface area (Å²) >= 11 is 0. The third kappa shape index (κ3) is 7.65. The van der Waals surface area contributed by atoms with Crippen molar-refractivity contribution in [2.45, 2.75) is 33.3 Å². The molecular formula is C23H27FN2O5. The first-order chi connectivity index (χ1) is 14.6. The lowest BCUT2D eigenvalue weighted by Crippen LogP contribution is -2.27. The van der Waals surface area contributed by atoms with Crippen molar-refractivity contribution in [3.05, 3.63) is 53.9 Å². The van der Waals surface area contributed by atoms with E-state index in [9.17, 15) is 14.0 Å². The average Bonchev–Trinajstić information content (AvgIpc) is 2.68. The predicted molar refractivity (Wildman–Crippen MR) is 118 cm³/mol. The third-order valence-electron chi connectivity index (χ3n) is 3.79. The molecule has 8 heteroatoms. The van der Waals surface area contributed by atoms with Crippen LogP contribution >= 0.6 is 0 Å². The second kappa shape index (κ2) is 10.5. The standard InChI is InChI=1S/C23H27FN2O5/c1-6-7-15-8-11-19(20(12-15)29-5)30-14-21(27)25-16-9-10-17(24)18(13-16)26-22(28)31-23(2,3)4/h6-13H,14H2,1-5H3,(H,25,27)(H,26,28)/b7-6+. The number of hydrogen-bond donors (Lipinski definition) is 2. The maximum Gasteiger partial charge on any atom is 0.412 e. The summed E-state index contributed by atoms with van der Waals surface area (Å²) in [4.78, 5) is 24.1. The number of ether oxygens (including phenoxy) is 3. The van der Waals surface area contributed by atoms with Crippen molar-refractivity contribution in [2.24, 2.45) is 0 Å². The maximum atomic E-state index is 14.0. The average molecular weight is 430 g/mol. The number of methoxy groups -OCH3 is 1. The minimum atomic E-state index is -0.799. The largest absolute Gasteiger partial charge is 0.493 e. The summed E-state index contributed by atoms with van der Waals surface area (Å²) in [7, 11) is 1.51. The van der Waals surface area contributed by atoms with Crippen molar-refractivity contribution in [1.29, 1.82) is 0 Å². The van der Waals surface area contributed by atoms with Gasteiger partial charge in [0, 0.05) is 5.69 Å². The fourth-order valence-corrected chi connectivity index (χ4v) is 2.55. The van der Waals surface area contributed by atoms with Gasteiger partial charge >= 0.3 is 6.09 Å². The Hall–Kier alpha value is -3.55. The van der Waals surface area contributed by atoms with E-state index in [4.69, 9.17) is 14.2 Å². The first kappa shape index (κ1) is 23.7. The van der Waals surface area contributed by atoms with Crippen LogP contribution in [0.1, 0.15) is 33.3 Å². The number of halogens is 1. The molecule has 166 valence electrons. The van der Waals surface area contributed by atoms with E-state index in [2.05, 4.69) is 10.6 Å². The molecule has 0 unspecified atom stereocenters. The van der Waals surface area contributed by atoms with E-state index in [1.54, 1.807) is 32.9 Å². The molecule has 0 saturated heterocycles. The van der Waals surface area contributed by atoms with Crippen LogP contribution in [0, 0.1) is 5.82 Å². The van der Waals surface area contributed by atoms with Crippen LogP contribution in [0.15, 0.2) is 42.5 Å². The molecule has 0 radical (unpaired) electrons. The second-order valence-electron chi connectivity index (χ2n) is 7.57. The van der Waals surface area contributed by atoms with E-state index in [-0.39, 0.29) is 18.0 Å². The molecule has 0 spiro atoms. The lowest BCUT2D eigenvalue weighted by molar-refractivity contribution is -0.118. The molecule has 0 atom stereocenters. The summed E-state index contributed by atoms with van der Waals surface area (Å²) < 4.78 is 30.0. The van der Waals surface area contributed by atoms with Gasteiger partial charge in [-0.25, -0.2) is 9.18 Å². The highest BCUT2D eigenvalue weighted by molar-refractivity contribution is 5.93. The second-order valence-corrected chi connectivity index (χ2v) is 7.57. The van der Waals surface area contributed by atoms with Gasteiger partial charge in [-0.05, 0) is 63.6 Å². The minimum absolute atomic E-state index is 0.116. The summed E-state index contributed by atoms with van der Waals surface area (Å²) in [5, 5.41) is 4.92. The van der Waals surface area contributed by atoms with Gasteiger partial charge in [0.2, 0.25) is 0 Å². The smallest absolute Gasteiger partial charge is 0.412 e. The van der Waals surface area contributed by atoms with Crippen LogP contribution in [0.3, 0.4) is 0 Å². The predicted octanol–water partition coefficient (Wildman–Crippen LogP) is 5.23. The van der Waals surface area contributed by atoms with Gasteiger partial charge in [0.25, 0.3) is 5.91 Å². The van der Waals surface area contributed by atoms with Gasteiger partial charge in [-0.1, -0.05) is 18.2 Å². The maximum absolute atomic E-state index is 14.0.